The molecule has 0 fully saturated rings. The number of aromatic nitrogens is 1. The first-order valence-corrected chi connectivity index (χ1v) is 7.39. The molecule has 3 aromatic rings. The first kappa shape index (κ1) is 13.1. The summed E-state index contributed by atoms with van der Waals surface area (Å²) < 4.78 is 0.998. The van der Waals surface area contributed by atoms with Crippen LogP contribution in [-0.4, -0.2) is 4.98 Å². The monoisotopic (exact) mass is 326 g/mol. The third-order valence-electron chi connectivity index (χ3n) is 3.35. The van der Waals surface area contributed by atoms with Gasteiger partial charge in [-0.2, -0.15) is 0 Å². The molecule has 1 aromatic heterocycles. The first-order valence-electron chi connectivity index (χ1n) is 6.60. The lowest BCUT2D eigenvalue weighted by atomic mass is 10.1. The summed E-state index contributed by atoms with van der Waals surface area (Å²) in [6.07, 6.45) is 1.83. The van der Waals surface area contributed by atoms with Gasteiger partial charge in [0.1, 0.15) is 0 Å². The highest BCUT2D eigenvalue weighted by Crippen LogP contribution is 2.27. The average Bonchev–Trinajstić information content (AvgIpc) is 2.48. The van der Waals surface area contributed by atoms with Gasteiger partial charge in [-0.1, -0.05) is 42.5 Å². The molecule has 1 unspecified atom stereocenters. The molecular weight excluding hydrogens is 312 g/mol. The Morgan fingerprint density at radius 1 is 1.05 bits per heavy atom. The van der Waals surface area contributed by atoms with Crippen molar-refractivity contribution in [3.8, 4) is 0 Å². The van der Waals surface area contributed by atoms with Crippen molar-refractivity contribution >= 4 is 32.5 Å². The highest BCUT2D eigenvalue weighted by molar-refractivity contribution is 9.10. The molecule has 0 saturated heterocycles. The second-order valence-electron chi connectivity index (χ2n) is 4.81. The summed E-state index contributed by atoms with van der Waals surface area (Å²) >= 11 is 3.46. The SMILES string of the molecule is CC(Nc1cccc2cc(Br)cnc12)c1ccccc1. The lowest BCUT2D eigenvalue weighted by Crippen LogP contribution is -2.07. The summed E-state index contributed by atoms with van der Waals surface area (Å²) in [5, 5.41) is 4.67. The van der Waals surface area contributed by atoms with Crippen molar-refractivity contribution < 1.29 is 0 Å². The summed E-state index contributed by atoms with van der Waals surface area (Å²) in [4.78, 5) is 4.52. The van der Waals surface area contributed by atoms with E-state index in [4.69, 9.17) is 0 Å². The Hall–Kier alpha value is -1.87. The van der Waals surface area contributed by atoms with Crippen molar-refractivity contribution in [2.45, 2.75) is 13.0 Å². The molecule has 0 saturated carbocycles. The molecule has 1 N–H and O–H groups in total. The molecule has 100 valence electrons. The van der Waals surface area contributed by atoms with Gasteiger partial charge in [0, 0.05) is 22.1 Å². The predicted octanol–water partition coefficient (Wildman–Crippen LogP) is 5.17. The minimum absolute atomic E-state index is 0.243. The lowest BCUT2D eigenvalue weighted by Gasteiger charge is -2.17. The Labute approximate surface area is 127 Å². The first-order chi connectivity index (χ1) is 9.74. The summed E-state index contributed by atoms with van der Waals surface area (Å²) in [7, 11) is 0. The number of rotatable bonds is 3. The maximum atomic E-state index is 4.52. The fourth-order valence-electron chi connectivity index (χ4n) is 2.31. The van der Waals surface area contributed by atoms with Crippen LogP contribution in [0.5, 0.6) is 0 Å². The zero-order chi connectivity index (χ0) is 13.9. The smallest absolute Gasteiger partial charge is 0.0934 e. The molecule has 0 aliphatic heterocycles. The van der Waals surface area contributed by atoms with Crippen LogP contribution in [-0.2, 0) is 0 Å². The minimum Gasteiger partial charge on any atom is -0.377 e. The predicted molar refractivity (Wildman–Crippen MR) is 87.9 cm³/mol. The van der Waals surface area contributed by atoms with Crippen LogP contribution in [0.4, 0.5) is 5.69 Å². The lowest BCUT2D eigenvalue weighted by molar-refractivity contribution is 0.886. The van der Waals surface area contributed by atoms with E-state index in [1.54, 1.807) is 0 Å². The number of fused-ring (bicyclic) bond motifs is 1. The molecule has 2 nitrogen and oxygen atoms in total. The van der Waals surface area contributed by atoms with E-state index in [1.165, 1.54) is 5.56 Å². The van der Waals surface area contributed by atoms with Gasteiger partial charge < -0.3 is 5.32 Å². The maximum absolute atomic E-state index is 4.52. The quantitative estimate of drug-likeness (QED) is 0.718. The highest BCUT2D eigenvalue weighted by atomic mass is 79.9. The van der Waals surface area contributed by atoms with E-state index in [9.17, 15) is 0 Å². The summed E-state index contributed by atoms with van der Waals surface area (Å²) in [6.45, 7) is 2.16. The molecule has 0 aliphatic carbocycles. The van der Waals surface area contributed by atoms with E-state index < -0.39 is 0 Å². The fraction of sp³-hybridized carbons (Fsp3) is 0.118. The van der Waals surface area contributed by atoms with E-state index in [0.717, 1.165) is 21.1 Å². The van der Waals surface area contributed by atoms with Crippen LogP contribution in [0.2, 0.25) is 0 Å². The van der Waals surface area contributed by atoms with Crippen molar-refractivity contribution in [2.24, 2.45) is 0 Å². The standard InChI is InChI=1S/C17H15BrN2/c1-12(13-6-3-2-4-7-13)20-16-9-5-8-14-10-15(18)11-19-17(14)16/h2-12,20H,1H3. The molecule has 0 radical (unpaired) electrons. The fourth-order valence-corrected chi connectivity index (χ4v) is 2.66. The number of halogens is 1. The van der Waals surface area contributed by atoms with Gasteiger partial charge in [0.15, 0.2) is 0 Å². The number of nitrogens with one attached hydrogen (secondary N) is 1. The summed E-state index contributed by atoms with van der Waals surface area (Å²) in [5.41, 5.74) is 3.33. The largest absolute Gasteiger partial charge is 0.377 e. The van der Waals surface area contributed by atoms with E-state index >= 15 is 0 Å². The molecule has 0 aliphatic rings. The van der Waals surface area contributed by atoms with Gasteiger partial charge in [0.05, 0.1) is 11.2 Å². The molecule has 0 bridgehead atoms. The molecule has 0 amide bonds. The van der Waals surface area contributed by atoms with Crippen LogP contribution < -0.4 is 5.32 Å². The minimum atomic E-state index is 0.243. The van der Waals surface area contributed by atoms with Crippen LogP contribution >= 0.6 is 15.9 Å². The third kappa shape index (κ3) is 2.68. The van der Waals surface area contributed by atoms with Gasteiger partial charge in [-0.05, 0) is 40.5 Å². The highest BCUT2D eigenvalue weighted by Gasteiger charge is 2.08. The number of nitrogens with zero attached hydrogens (tertiary/aromatic N) is 1. The van der Waals surface area contributed by atoms with Gasteiger partial charge >= 0.3 is 0 Å². The number of anilines is 1. The van der Waals surface area contributed by atoms with Crippen molar-refractivity contribution in [3.63, 3.8) is 0 Å². The normalized spacial score (nSPS) is 12.3. The number of hydrogen-bond donors (Lipinski definition) is 1. The second kappa shape index (κ2) is 5.63. The molecule has 0 spiro atoms. The Bertz CT molecular complexity index is 725. The van der Waals surface area contributed by atoms with Gasteiger partial charge in [-0.15, -0.1) is 0 Å². The van der Waals surface area contributed by atoms with Crippen molar-refractivity contribution in [1.82, 2.24) is 4.98 Å². The molecule has 1 heterocycles. The zero-order valence-electron chi connectivity index (χ0n) is 11.2. The van der Waals surface area contributed by atoms with Gasteiger partial charge in [-0.3, -0.25) is 4.98 Å². The van der Waals surface area contributed by atoms with Crippen molar-refractivity contribution in [3.05, 3.63) is 70.8 Å². The molecule has 3 rings (SSSR count). The van der Waals surface area contributed by atoms with E-state index in [-0.39, 0.29) is 6.04 Å². The number of benzene rings is 2. The average molecular weight is 327 g/mol. The van der Waals surface area contributed by atoms with E-state index in [1.807, 2.05) is 12.3 Å². The maximum Gasteiger partial charge on any atom is 0.0934 e. The summed E-state index contributed by atoms with van der Waals surface area (Å²) in [6, 6.07) is 18.9. The van der Waals surface area contributed by atoms with Crippen LogP contribution in [0.25, 0.3) is 10.9 Å². The van der Waals surface area contributed by atoms with E-state index in [0.29, 0.717) is 0 Å². The number of hydrogen-bond acceptors (Lipinski definition) is 2. The topological polar surface area (TPSA) is 24.9 Å². The van der Waals surface area contributed by atoms with Crippen LogP contribution in [0, 0.1) is 0 Å². The van der Waals surface area contributed by atoms with Crippen molar-refractivity contribution in [2.75, 3.05) is 5.32 Å². The van der Waals surface area contributed by atoms with Crippen LogP contribution in [0.1, 0.15) is 18.5 Å². The second-order valence-corrected chi connectivity index (χ2v) is 5.72. The van der Waals surface area contributed by atoms with Crippen LogP contribution in [0.15, 0.2) is 65.3 Å². The van der Waals surface area contributed by atoms with E-state index in [2.05, 4.69) is 81.7 Å². The Balaban J connectivity index is 1.95. The third-order valence-corrected chi connectivity index (χ3v) is 3.78. The van der Waals surface area contributed by atoms with Gasteiger partial charge in [-0.25, -0.2) is 0 Å². The molecular formula is C17H15BrN2. The van der Waals surface area contributed by atoms with Gasteiger partial charge in [0.2, 0.25) is 0 Å². The molecule has 20 heavy (non-hydrogen) atoms. The zero-order valence-corrected chi connectivity index (χ0v) is 12.8. The Morgan fingerprint density at radius 2 is 1.85 bits per heavy atom. The molecule has 1 atom stereocenters. The van der Waals surface area contributed by atoms with Gasteiger partial charge in [0.25, 0.3) is 0 Å². The Kier molecular flexibility index (Phi) is 3.70. The molecule has 3 heteroatoms. The number of pyridine rings is 1. The number of para-hydroxylation sites is 1. The van der Waals surface area contributed by atoms with Crippen molar-refractivity contribution in [1.29, 1.82) is 0 Å². The molecule has 2 aromatic carbocycles. The van der Waals surface area contributed by atoms with Crippen LogP contribution in [0.3, 0.4) is 0 Å². The summed E-state index contributed by atoms with van der Waals surface area (Å²) in [5.74, 6) is 0. The Morgan fingerprint density at radius 3 is 2.65 bits per heavy atom.